The van der Waals surface area contributed by atoms with Gasteiger partial charge < -0.3 is 15.0 Å². The van der Waals surface area contributed by atoms with Gasteiger partial charge in [-0.05, 0) is 82.3 Å². The van der Waals surface area contributed by atoms with E-state index in [2.05, 4.69) is 5.32 Å². The molecule has 0 unspecified atom stereocenters. The molecule has 0 saturated carbocycles. The Bertz CT molecular complexity index is 1200. The maximum absolute atomic E-state index is 13.6. The number of rotatable bonds is 12. The van der Waals surface area contributed by atoms with Crippen molar-refractivity contribution in [3.63, 3.8) is 0 Å². The lowest BCUT2D eigenvalue weighted by Crippen LogP contribution is -2.53. The van der Waals surface area contributed by atoms with Crippen molar-refractivity contribution >= 4 is 27.5 Å². The van der Waals surface area contributed by atoms with E-state index < -0.39 is 21.6 Å². The van der Waals surface area contributed by atoms with Crippen LogP contribution in [0.3, 0.4) is 0 Å². The molecule has 1 atom stereocenters. The average molecular weight is 546 g/mol. The first-order valence-electron chi connectivity index (χ1n) is 13.0. The number of carbonyl (C=O) groups is 2. The predicted molar refractivity (Wildman–Crippen MR) is 153 cm³/mol. The maximum Gasteiger partial charge on any atom is 0.243 e. The van der Waals surface area contributed by atoms with Crippen molar-refractivity contribution in [1.82, 2.24) is 10.2 Å². The Morgan fingerprint density at radius 1 is 1.05 bits per heavy atom. The summed E-state index contributed by atoms with van der Waals surface area (Å²) in [5.74, 6) is 0.289. The monoisotopic (exact) mass is 545 g/mol. The molecule has 0 aromatic heterocycles. The molecule has 210 valence electrons. The molecule has 2 aromatic carbocycles. The van der Waals surface area contributed by atoms with Gasteiger partial charge in [0.05, 0.1) is 19.1 Å². The minimum atomic E-state index is -3.55. The third-order valence-corrected chi connectivity index (χ3v) is 7.36. The van der Waals surface area contributed by atoms with E-state index in [0.717, 1.165) is 16.7 Å². The Kier molecular flexibility index (Phi) is 10.8. The van der Waals surface area contributed by atoms with E-state index in [4.69, 9.17) is 4.74 Å². The van der Waals surface area contributed by atoms with Crippen LogP contribution >= 0.6 is 0 Å². The fourth-order valence-corrected chi connectivity index (χ4v) is 5.29. The molecule has 0 fully saturated rings. The van der Waals surface area contributed by atoms with Crippen molar-refractivity contribution in [1.29, 1.82) is 0 Å². The molecule has 8 nitrogen and oxygen atoms in total. The van der Waals surface area contributed by atoms with Crippen molar-refractivity contribution in [3.8, 4) is 5.75 Å². The largest absolute Gasteiger partial charge is 0.497 e. The SMILES string of the molecule is CC[C@@H](C(=O)NC(C)(C)C)N(Cc1ccc(OC)cc1)C(=O)CCCN(c1cc(C)ccc1C)S(C)(=O)=O. The number of amides is 2. The Labute approximate surface area is 228 Å². The molecule has 0 aliphatic carbocycles. The summed E-state index contributed by atoms with van der Waals surface area (Å²) < 4.78 is 31.9. The van der Waals surface area contributed by atoms with Crippen LogP contribution in [0.5, 0.6) is 5.75 Å². The Balaban J connectivity index is 2.28. The summed E-state index contributed by atoms with van der Waals surface area (Å²) in [7, 11) is -1.96. The predicted octanol–water partition coefficient (Wildman–Crippen LogP) is 4.58. The number of hydrogen-bond donors (Lipinski definition) is 1. The quantitative estimate of drug-likeness (QED) is 0.421. The summed E-state index contributed by atoms with van der Waals surface area (Å²) in [6.45, 7) is 11.8. The minimum absolute atomic E-state index is 0.104. The summed E-state index contributed by atoms with van der Waals surface area (Å²) in [5, 5.41) is 3.00. The number of nitrogens with one attached hydrogen (secondary N) is 1. The first-order valence-corrected chi connectivity index (χ1v) is 14.8. The van der Waals surface area contributed by atoms with Crippen LogP contribution in [0.2, 0.25) is 0 Å². The lowest BCUT2D eigenvalue weighted by atomic mass is 10.0. The van der Waals surface area contributed by atoms with E-state index in [1.54, 1.807) is 12.0 Å². The molecule has 0 aliphatic rings. The zero-order chi connectivity index (χ0) is 28.7. The summed E-state index contributed by atoms with van der Waals surface area (Å²) in [4.78, 5) is 28.4. The van der Waals surface area contributed by atoms with Gasteiger partial charge in [0, 0.05) is 25.0 Å². The van der Waals surface area contributed by atoms with Gasteiger partial charge in [-0.25, -0.2) is 8.42 Å². The summed E-state index contributed by atoms with van der Waals surface area (Å²) >= 11 is 0. The van der Waals surface area contributed by atoms with Gasteiger partial charge in [0.2, 0.25) is 21.8 Å². The van der Waals surface area contributed by atoms with Gasteiger partial charge in [-0.2, -0.15) is 0 Å². The molecule has 0 radical (unpaired) electrons. The smallest absolute Gasteiger partial charge is 0.243 e. The second-order valence-electron chi connectivity index (χ2n) is 10.8. The number of carbonyl (C=O) groups excluding carboxylic acids is 2. The summed E-state index contributed by atoms with van der Waals surface area (Å²) in [6, 6.07) is 12.4. The Morgan fingerprint density at radius 2 is 1.68 bits per heavy atom. The number of ether oxygens (including phenoxy) is 1. The molecular formula is C29H43N3O5S. The van der Waals surface area contributed by atoms with Crippen molar-refractivity contribution < 1.29 is 22.7 Å². The van der Waals surface area contributed by atoms with Crippen LogP contribution < -0.4 is 14.4 Å². The van der Waals surface area contributed by atoms with E-state index in [-0.39, 0.29) is 31.3 Å². The van der Waals surface area contributed by atoms with Gasteiger partial charge in [-0.1, -0.05) is 31.2 Å². The fraction of sp³-hybridized carbons (Fsp3) is 0.517. The lowest BCUT2D eigenvalue weighted by Gasteiger charge is -2.33. The number of aryl methyl sites for hydroxylation is 2. The van der Waals surface area contributed by atoms with Gasteiger partial charge >= 0.3 is 0 Å². The maximum atomic E-state index is 13.6. The van der Waals surface area contributed by atoms with E-state index in [9.17, 15) is 18.0 Å². The number of benzene rings is 2. The minimum Gasteiger partial charge on any atom is -0.497 e. The van der Waals surface area contributed by atoms with Gasteiger partial charge in [0.15, 0.2) is 0 Å². The normalized spacial score (nSPS) is 12.5. The van der Waals surface area contributed by atoms with Crippen LogP contribution in [0, 0.1) is 13.8 Å². The fourth-order valence-electron chi connectivity index (χ4n) is 4.27. The molecule has 2 aromatic rings. The van der Waals surface area contributed by atoms with Crippen LogP contribution in [0.25, 0.3) is 0 Å². The topological polar surface area (TPSA) is 96.0 Å². The Hall–Kier alpha value is -3.07. The second-order valence-corrected chi connectivity index (χ2v) is 12.7. The highest BCUT2D eigenvalue weighted by Gasteiger charge is 2.31. The van der Waals surface area contributed by atoms with Gasteiger partial charge in [-0.15, -0.1) is 0 Å². The molecule has 1 N–H and O–H groups in total. The van der Waals surface area contributed by atoms with Crippen LogP contribution in [-0.2, 0) is 26.2 Å². The second kappa shape index (κ2) is 13.1. The molecular weight excluding hydrogens is 502 g/mol. The zero-order valence-electron chi connectivity index (χ0n) is 24.0. The van der Waals surface area contributed by atoms with E-state index in [0.29, 0.717) is 24.3 Å². The van der Waals surface area contributed by atoms with Crippen molar-refractivity contribution in [2.75, 3.05) is 24.2 Å². The first kappa shape index (κ1) is 31.1. The standard InChI is InChI=1S/C29H43N3O5S/c1-9-25(28(34)30-29(4,5)6)31(20-23-14-16-24(37-7)17-15-23)27(33)11-10-18-32(38(8,35)36)26-19-21(2)12-13-22(26)3/h12-17,19,25H,9-11,18,20H2,1-8H3,(H,30,34)/t25-/m0/s1. The van der Waals surface area contributed by atoms with E-state index in [1.165, 1.54) is 10.6 Å². The number of nitrogens with zero attached hydrogens (tertiary/aromatic N) is 2. The summed E-state index contributed by atoms with van der Waals surface area (Å²) in [6.07, 6.45) is 2.04. The highest BCUT2D eigenvalue weighted by molar-refractivity contribution is 7.92. The average Bonchev–Trinajstić information content (AvgIpc) is 2.81. The van der Waals surface area contributed by atoms with Crippen LogP contribution in [0.4, 0.5) is 5.69 Å². The number of sulfonamides is 1. The Morgan fingerprint density at radius 3 is 2.21 bits per heavy atom. The van der Waals surface area contributed by atoms with E-state index in [1.807, 2.05) is 84.0 Å². The number of methoxy groups -OCH3 is 1. The van der Waals surface area contributed by atoms with Crippen molar-refractivity contribution in [2.45, 2.75) is 78.9 Å². The van der Waals surface area contributed by atoms with E-state index >= 15 is 0 Å². The molecule has 2 rings (SSSR count). The van der Waals surface area contributed by atoms with Gasteiger partial charge in [-0.3, -0.25) is 13.9 Å². The molecule has 9 heteroatoms. The molecule has 38 heavy (non-hydrogen) atoms. The third-order valence-electron chi connectivity index (χ3n) is 6.18. The lowest BCUT2D eigenvalue weighted by molar-refractivity contribution is -0.142. The molecule has 2 amide bonds. The van der Waals surface area contributed by atoms with Crippen LogP contribution in [0.1, 0.15) is 63.6 Å². The number of hydrogen-bond acceptors (Lipinski definition) is 5. The van der Waals surface area contributed by atoms with Crippen molar-refractivity contribution in [2.24, 2.45) is 0 Å². The highest BCUT2D eigenvalue weighted by Crippen LogP contribution is 2.25. The first-order chi connectivity index (χ1) is 17.7. The van der Waals surface area contributed by atoms with Gasteiger partial charge in [0.1, 0.15) is 11.8 Å². The molecule has 0 bridgehead atoms. The molecule has 0 aliphatic heterocycles. The van der Waals surface area contributed by atoms with Crippen LogP contribution in [0.15, 0.2) is 42.5 Å². The molecule has 0 saturated heterocycles. The molecule has 0 spiro atoms. The molecule has 0 heterocycles. The zero-order valence-corrected chi connectivity index (χ0v) is 24.8. The highest BCUT2D eigenvalue weighted by atomic mass is 32.2. The van der Waals surface area contributed by atoms with Crippen molar-refractivity contribution in [3.05, 3.63) is 59.2 Å². The third kappa shape index (κ3) is 9.04. The summed E-state index contributed by atoms with van der Waals surface area (Å²) in [5.41, 5.74) is 2.84. The number of anilines is 1. The van der Waals surface area contributed by atoms with Crippen LogP contribution in [-0.4, -0.2) is 56.6 Å². The van der Waals surface area contributed by atoms with Gasteiger partial charge in [0.25, 0.3) is 0 Å².